The van der Waals surface area contributed by atoms with Crippen LogP contribution in [0.1, 0.15) is 44.9 Å². The summed E-state index contributed by atoms with van der Waals surface area (Å²) in [5, 5.41) is 6.50. The molecule has 0 spiro atoms. The zero-order valence-electron chi connectivity index (χ0n) is 13.5. The third kappa shape index (κ3) is 5.16. The Morgan fingerprint density at radius 3 is 2.81 bits per heavy atom. The minimum atomic E-state index is 0.435. The molecular weight excluding hydrogens is 264 g/mol. The highest BCUT2D eigenvalue weighted by atomic mass is 16.5. The molecule has 2 rings (SSSR count). The number of hydrogen-bond acceptors (Lipinski definition) is 5. The maximum atomic E-state index is 5.11. The monoisotopic (exact) mass is 292 g/mol. The lowest BCUT2D eigenvalue weighted by atomic mass is 9.81. The van der Waals surface area contributed by atoms with E-state index in [9.17, 15) is 0 Å². The first-order chi connectivity index (χ1) is 10.2. The minimum Gasteiger partial charge on any atom is -0.377 e. The van der Waals surface area contributed by atoms with Gasteiger partial charge in [0.1, 0.15) is 18.2 Å². The Bertz CT molecular complexity index is 438. The summed E-state index contributed by atoms with van der Waals surface area (Å²) in [5.74, 6) is 4.17. The highest BCUT2D eigenvalue weighted by Gasteiger charge is 2.18. The molecule has 0 aliphatic heterocycles. The van der Waals surface area contributed by atoms with Crippen LogP contribution in [-0.2, 0) is 11.3 Å². The summed E-state index contributed by atoms with van der Waals surface area (Å²) < 4.78 is 5.11. The summed E-state index contributed by atoms with van der Waals surface area (Å²) in [6.45, 7) is 3.79. The fourth-order valence-corrected chi connectivity index (χ4v) is 3.14. The number of methoxy groups -OCH3 is 1. The highest BCUT2D eigenvalue weighted by Crippen LogP contribution is 2.30. The van der Waals surface area contributed by atoms with Crippen LogP contribution in [0.3, 0.4) is 0 Å². The normalized spacial score (nSPS) is 22.0. The molecule has 1 saturated carbocycles. The number of aromatic nitrogens is 2. The van der Waals surface area contributed by atoms with Crippen molar-refractivity contribution in [3.05, 3.63) is 11.9 Å². The standard InChI is InChI=1S/C16H28N4O/c1-12-5-4-6-13(9-12)7-8-18-15-10-14(17-2)19-16(20-15)11-21-3/h10,12-13H,4-9,11H2,1-3H3,(H2,17,18,19,20). The Morgan fingerprint density at radius 1 is 1.29 bits per heavy atom. The number of nitrogens with zero attached hydrogens (tertiary/aromatic N) is 2. The van der Waals surface area contributed by atoms with Gasteiger partial charge in [-0.05, 0) is 24.7 Å². The minimum absolute atomic E-state index is 0.435. The molecule has 0 bridgehead atoms. The third-order valence-corrected chi connectivity index (χ3v) is 4.21. The maximum Gasteiger partial charge on any atom is 0.158 e. The number of ether oxygens (including phenoxy) is 1. The number of hydrogen-bond donors (Lipinski definition) is 2. The summed E-state index contributed by atoms with van der Waals surface area (Å²) in [6.07, 6.45) is 6.78. The zero-order valence-corrected chi connectivity index (χ0v) is 13.5. The van der Waals surface area contributed by atoms with Crippen molar-refractivity contribution in [1.82, 2.24) is 9.97 Å². The smallest absolute Gasteiger partial charge is 0.158 e. The van der Waals surface area contributed by atoms with Crippen LogP contribution in [0.2, 0.25) is 0 Å². The summed E-state index contributed by atoms with van der Waals surface area (Å²) in [5.41, 5.74) is 0. The van der Waals surface area contributed by atoms with E-state index in [-0.39, 0.29) is 0 Å². The van der Waals surface area contributed by atoms with Gasteiger partial charge in [0.15, 0.2) is 5.82 Å². The molecule has 1 fully saturated rings. The van der Waals surface area contributed by atoms with Crippen molar-refractivity contribution in [3.63, 3.8) is 0 Å². The van der Waals surface area contributed by atoms with E-state index in [1.54, 1.807) is 7.11 Å². The third-order valence-electron chi connectivity index (χ3n) is 4.21. The van der Waals surface area contributed by atoms with Crippen molar-refractivity contribution in [2.75, 3.05) is 31.3 Å². The van der Waals surface area contributed by atoms with Crippen LogP contribution in [0, 0.1) is 11.8 Å². The van der Waals surface area contributed by atoms with Crippen molar-refractivity contribution >= 4 is 11.6 Å². The number of anilines is 2. The molecule has 1 aromatic heterocycles. The Kier molecular flexibility index (Phi) is 6.23. The lowest BCUT2D eigenvalue weighted by molar-refractivity contribution is 0.178. The van der Waals surface area contributed by atoms with Crippen LogP contribution in [0.5, 0.6) is 0 Å². The molecule has 21 heavy (non-hydrogen) atoms. The van der Waals surface area contributed by atoms with Crippen molar-refractivity contribution < 1.29 is 4.74 Å². The lowest BCUT2D eigenvalue weighted by Gasteiger charge is -2.26. The zero-order chi connectivity index (χ0) is 15.1. The van der Waals surface area contributed by atoms with Crippen LogP contribution in [0.25, 0.3) is 0 Å². The highest BCUT2D eigenvalue weighted by molar-refractivity contribution is 5.47. The van der Waals surface area contributed by atoms with Crippen LogP contribution >= 0.6 is 0 Å². The summed E-state index contributed by atoms with van der Waals surface area (Å²) in [4.78, 5) is 8.84. The molecule has 5 nitrogen and oxygen atoms in total. The van der Waals surface area contributed by atoms with E-state index >= 15 is 0 Å². The molecule has 0 saturated heterocycles. The van der Waals surface area contributed by atoms with Crippen LogP contribution < -0.4 is 10.6 Å². The molecule has 0 aromatic carbocycles. The van der Waals surface area contributed by atoms with Crippen molar-refractivity contribution in [1.29, 1.82) is 0 Å². The van der Waals surface area contributed by atoms with Gasteiger partial charge in [-0.2, -0.15) is 0 Å². The van der Waals surface area contributed by atoms with E-state index in [1.807, 2.05) is 13.1 Å². The van der Waals surface area contributed by atoms with E-state index < -0.39 is 0 Å². The Balaban J connectivity index is 1.85. The molecule has 1 aliphatic carbocycles. The van der Waals surface area contributed by atoms with Crippen molar-refractivity contribution in [2.24, 2.45) is 11.8 Å². The molecule has 2 atom stereocenters. The lowest BCUT2D eigenvalue weighted by Crippen LogP contribution is -2.17. The molecule has 2 N–H and O–H groups in total. The topological polar surface area (TPSA) is 59.1 Å². The maximum absolute atomic E-state index is 5.11. The van der Waals surface area contributed by atoms with Gasteiger partial charge in [0, 0.05) is 26.8 Å². The second-order valence-electron chi connectivity index (χ2n) is 6.09. The van der Waals surface area contributed by atoms with E-state index in [1.165, 1.54) is 32.1 Å². The first-order valence-electron chi connectivity index (χ1n) is 7.99. The summed E-state index contributed by atoms with van der Waals surface area (Å²) in [7, 11) is 3.53. The molecule has 0 radical (unpaired) electrons. The van der Waals surface area contributed by atoms with Gasteiger partial charge < -0.3 is 15.4 Å². The summed E-state index contributed by atoms with van der Waals surface area (Å²) >= 11 is 0. The van der Waals surface area contributed by atoms with Crippen molar-refractivity contribution in [2.45, 2.75) is 45.6 Å². The van der Waals surface area contributed by atoms with Gasteiger partial charge in [-0.25, -0.2) is 9.97 Å². The predicted molar refractivity (Wildman–Crippen MR) is 86.5 cm³/mol. The van der Waals surface area contributed by atoms with E-state index in [0.29, 0.717) is 12.4 Å². The first kappa shape index (κ1) is 16.0. The largest absolute Gasteiger partial charge is 0.377 e. The molecule has 1 aromatic rings. The van der Waals surface area contributed by atoms with Crippen molar-refractivity contribution in [3.8, 4) is 0 Å². The molecule has 118 valence electrons. The van der Waals surface area contributed by atoms with Gasteiger partial charge in [0.2, 0.25) is 0 Å². The molecular formula is C16H28N4O. The Labute approximate surface area is 127 Å². The molecule has 1 aliphatic rings. The summed E-state index contributed by atoms with van der Waals surface area (Å²) in [6, 6.07) is 1.95. The van der Waals surface area contributed by atoms with Gasteiger partial charge in [-0.15, -0.1) is 0 Å². The molecule has 5 heteroatoms. The average Bonchev–Trinajstić information content (AvgIpc) is 2.47. The fraction of sp³-hybridized carbons (Fsp3) is 0.750. The Hall–Kier alpha value is -1.36. The fourth-order valence-electron chi connectivity index (χ4n) is 3.14. The number of nitrogens with one attached hydrogen (secondary N) is 2. The van der Waals surface area contributed by atoms with Gasteiger partial charge in [-0.3, -0.25) is 0 Å². The van der Waals surface area contributed by atoms with Gasteiger partial charge in [0.05, 0.1) is 0 Å². The van der Waals surface area contributed by atoms with E-state index in [2.05, 4.69) is 27.5 Å². The van der Waals surface area contributed by atoms with Crippen LogP contribution in [0.4, 0.5) is 11.6 Å². The van der Waals surface area contributed by atoms with E-state index in [0.717, 1.165) is 30.0 Å². The van der Waals surface area contributed by atoms with Gasteiger partial charge in [-0.1, -0.05) is 26.2 Å². The van der Waals surface area contributed by atoms with Crippen LogP contribution in [0.15, 0.2) is 6.07 Å². The quantitative estimate of drug-likeness (QED) is 0.807. The average molecular weight is 292 g/mol. The predicted octanol–water partition coefficient (Wildman–Crippen LogP) is 3.29. The molecule has 2 unspecified atom stereocenters. The SMILES string of the molecule is CNc1cc(NCCC2CCCC(C)C2)nc(COC)n1. The van der Waals surface area contributed by atoms with E-state index in [4.69, 9.17) is 4.74 Å². The Morgan fingerprint density at radius 2 is 2.10 bits per heavy atom. The second kappa shape index (κ2) is 8.17. The number of rotatable bonds is 7. The molecule has 1 heterocycles. The van der Waals surface area contributed by atoms with Gasteiger partial charge >= 0.3 is 0 Å². The van der Waals surface area contributed by atoms with Gasteiger partial charge in [0.25, 0.3) is 0 Å². The first-order valence-corrected chi connectivity index (χ1v) is 7.99. The second-order valence-corrected chi connectivity index (χ2v) is 6.09. The molecule has 0 amide bonds. The van der Waals surface area contributed by atoms with Crippen LogP contribution in [-0.4, -0.2) is 30.7 Å².